The van der Waals surface area contributed by atoms with Gasteiger partial charge in [-0.3, -0.25) is 38.8 Å². The largest absolute Gasteiger partial charge is 0.507 e. The van der Waals surface area contributed by atoms with Crippen molar-refractivity contribution in [3.8, 4) is 40.9 Å². The van der Waals surface area contributed by atoms with Crippen LogP contribution in [0.25, 0.3) is 0 Å². The second kappa shape index (κ2) is 43.0. The number of hydrogen-bond donors (Lipinski definition) is 4. The number of fused-ring (bicyclic) bond motifs is 12. The van der Waals surface area contributed by atoms with Crippen molar-refractivity contribution in [3.05, 3.63) is 83.7 Å². The summed E-state index contributed by atoms with van der Waals surface area (Å²) < 4.78 is 22.5. The van der Waals surface area contributed by atoms with Crippen molar-refractivity contribution in [2.75, 3.05) is 55.7 Å². The van der Waals surface area contributed by atoms with E-state index in [2.05, 4.69) is 21.9 Å². The average molecular weight is 1920 g/mol. The van der Waals surface area contributed by atoms with Gasteiger partial charge in [0.25, 0.3) is 0 Å². The van der Waals surface area contributed by atoms with Crippen molar-refractivity contribution in [1.82, 2.24) is 19.6 Å². The third kappa shape index (κ3) is 19.3. The summed E-state index contributed by atoms with van der Waals surface area (Å²) in [7, 11) is 51.5. The van der Waals surface area contributed by atoms with Crippen molar-refractivity contribution in [3.63, 3.8) is 0 Å². The Morgan fingerprint density at radius 1 is 0.426 bits per heavy atom. The molecule has 10 rings (SSSR count). The number of methoxy groups -OCH3 is 4. The number of nitriles is 2. The predicted octanol–water partition coefficient (Wildman–Crippen LogP) is 3.30. The number of likely N-dealkylation sites (N-methyl/N-ethyl adjacent to an activating group) is 2. The molecule has 554 valence electrons. The minimum atomic E-state index is -0.859. The number of piperazine rings is 2. The standard InChI is InChI=1S/C28H35N3O6.C26H27N3O6.S15.S14/c1-12-13(2)27(36-6)21-15(24(12)33)8-18-23-22-16(26(35-5)14(3)28(37-7)25(22)34)9-17(30(23)4)19(10-29)31(18)20(21)11-32;1-10-11(2)24(33)19-13(22(10)31)7-16-21-20-14(23(32)12(3)26(35-5)25(20)34)6-15(28(21)4)17(8-27)29(16)18(19)9-30;1-3-5-7-9-11-13-15-14-12-10-8-6-4-2;1-3-5-7-9-11-13-14-12-10-8-6-4-2/h17-20,23,32-34H,8-9,11H2,1-7H3;15-18,21,30H,6-7,9H2,1-5H3;;/t17-,18-,19-,20-,23-;15-,16-,17-,18-,21-;;/m00../s1. The average Bonchev–Trinajstić information content (AvgIpc) is 0.705. The van der Waals surface area contributed by atoms with Crippen molar-refractivity contribution in [2.24, 2.45) is 0 Å². The van der Waals surface area contributed by atoms with E-state index in [1.54, 1.807) is 221 Å². The zero-order valence-electron chi connectivity index (χ0n) is 54.6. The fourth-order valence-electron chi connectivity index (χ4n) is 14.2. The molecule has 101 heavy (non-hydrogen) atoms. The SMILES string of the molecule is COC1=C(C)C(=O)C2=C(C1=O)[C@@H]1[C@@H]3CC4=C(C(=O)C(C)=C(C)C4=O)[C@H](CO)N3[C@@H](C#N)[C@H](C2)N1C.COc1c(C)c(OC)c2c(c1O)[C@@H]1[C@@H]3Cc4c(O)c(C)c(C)c(OC)c4[C@H](CO)N3[C@@H](C#N)[C@H](C2)N1C.S=S=S=S=S=S=S=S=S=S=S=S=S=S.S=S=S=S=S=S=S=S=S=S=S=S=S=S=S. The first-order valence-corrected chi connectivity index (χ1v) is 64.7. The zero-order valence-corrected chi connectivity index (χ0v) is 78.3. The van der Waals surface area contributed by atoms with Gasteiger partial charge in [0, 0.05) is 358 Å². The van der Waals surface area contributed by atoms with E-state index in [0.29, 0.717) is 74.6 Å². The number of rotatable bonds is 6. The summed E-state index contributed by atoms with van der Waals surface area (Å²) >= 11 is 18.9. The van der Waals surface area contributed by atoms with E-state index in [1.807, 2.05) is 44.7 Å². The van der Waals surface area contributed by atoms with Gasteiger partial charge in [0.2, 0.25) is 5.78 Å². The van der Waals surface area contributed by atoms with E-state index in [-0.39, 0.29) is 89.1 Å². The predicted molar refractivity (Wildman–Crippen MR) is 473 cm³/mol. The smallest absolute Gasteiger partial charge is 0.226 e. The number of ketones is 4. The van der Waals surface area contributed by atoms with Crippen LogP contribution in [0.2, 0.25) is 0 Å². The Bertz CT molecular complexity index is 5180. The summed E-state index contributed by atoms with van der Waals surface area (Å²) in [5.74, 6) is 0.719. The second-order valence-electron chi connectivity index (χ2n) is 21.9. The third-order valence-corrected chi connectivity index (χ3v) is 69.3. The maximum atomic E-state index is 13.6. The van der Waals surface area contributed by atoms with Crippen LogP contribution in [0.4, 0.5) is 0 Å². The Kier molecular flexibility index (Phi) is 37.5. The molecule has 18 nitrogen and oxygen atoms in total. The Hall–Kier alpha value is -0.000000000000000833. The molecule has 0 aromatic heterocycles. The number of Topliss-reactive ketones (excluding diaryl/α,β-unsaturated/α-hetero) is 4. The van der Waals surface area contributed by atoms with Gasteiger partial charge in [-0.1, -0.05) is 0 Å². The molecule has 2 aromatic rings. The van der Waals surface area contributed by atoms with E-state index in [9.17, 15) is 50.1 Å². The molecule has 0 saturated carbocycles. The maximum absolute atomic E-state index is 13.6. The highest BCUT2D eigenvalue weighted by atomic mass is 33.5. The monoisotopic (exact) mass is 1910 g/mol. The van der Waals surface area contributed by atoms with Crippen LogP contribution in [-0.4, -0.2) is 167 Å². The second-order valence-corrected chi connectivity index (χ2v) is 66.1. The Balaban J connectivity index is 0.000000206. The molecule has 2 aliphatic carbocycles. The number of ether oxygens (including phenoxy) is 4. The molecule has 0 amide bonds. The van der Waals surface area contributed by atoms with Crippen LogP contribution < -0.4 is 14.2 Å². The normalized spacial score (nSPS) is 23.4. The number of benzene rings is 2. The van der Waals surface area contributed by atoms with Gasteiger partial charge >= 0.3 is 0 Å². The molecular formula is C54H62N6O12S29. The first-order chi connectivity index (χ1) is 48.6. The number of nitrogens with zero attached hydrogens (tertiary/aromatic N) is 6. The van der Waals surface area contributed by atoms with Crippen molar-refractivity contribution in [1.29, 1.82) is 10.5 Å². The van der Waals surface area contributed by atoms with Crippen LogP contribution in [0, 0.1) is 43.4 Å². The van der Waals surface area contributed by atoms with Gasteiger partial charge in [0.05, 0.1) is 78.0 Å². The Morgan fingerprint density at radius 3 is 1.25 bits per heavy atom. The lowest BCUT2D eigenvalue weighted by molar-refractivity contribution is -0.125. The van der Waals surface area contributed by atoms with Crippen LogP contribution in [-0.2, 0) is 304 Å². The van der Waals surface area contributed by atoms with Crippen molar-refractivity contribution in [2.45, 2.75) is 128 Å². The lowest BCUT2D eigenvalue weighted by Gasteiger charge is -2.60. The number of hydrogen-bond acceptors (Lipinski definition) is 22. The quantitative estimate of drug-likeness (QED) is 0.303. The molecule has 2 aromatic carbocycles. The van der Waals surface area contributed by atoms with Crippen LogP contribution in [0.15, 0.2) is 44.8 Å². The maximum Gasteiger partial charge on any atom is 0.226 e. The summed E-state index contributed by atoms with van der Waals surface area (Å²) in [4.78, 5) is 61.4. The Labute approximate surface area is 676 Å². The van der Waals surface area contributed by atoms with Crippen LogP contribution in [0.3, 0.4) is 0 Å². The zero-order chi connectivity index (χ0) is 74.1. The first-order valence-electron chi connectivity index (χ1n) is 28.7. The topological polar surface area (TPSA) is 247 Å². The van der Waals surface area contributed by atoms with Gasteiger partial charge in [-0.05, 0) is 92.4 Å². The lowest BCUT2D eigenvalue weighted by Crippen LogP contribution is -2.74. The summed E-state index contributed by atoms with van der Waals surface area (Å²) in [5.41, 5.74) is 7.51. The van der Waals surface area contributed by atoms with Gasteiger partial charge in [-0.2, -0.15) is 10.5 Å². The van der Waals surface area contributed by atoms with E-state index in [4.69, 9.17) is 63.7 Å². The lowest BCUT2D eigenvalue weighted by atomic mass is 9.67. The van der Waals surface area contributed by atoms with Gasteiger partial charge in [0.1, 0.15) is 29.3 Å². The van der Waals surface area contributed by atoms with E-state index in [1.165, 1.54) is 49.7 Å². The minimum absolute atomic E-state index is 0.00213. The fourth-order valence-corrected chi connectivity index (χ4v) is 71.8. The van der Waals surface area contributed by atoms with Gasteiger partial charge < -0.3 is 39.4 Å². The minimum Gasteiger partial charge on any atom is -0.507 e. The van der Waals surface area contributed by atoms with E-state index in [0.717, 1.165) is 22.3 Å². The third-order valence-electron chi connectivity index (χ3n) is 18.2. The van der Waals surface area contributed by atoms with Crippen molar-refractivity contribution >= 4 is 290 Å². The van der Waals surface area contributed by atoms with E-state index < -0.39 is 48.9 Å². The molecule has 8 aliphatic rings. The van der Waals surface area contributed by atoms with Crippen LogP contribution in [0.1, 0.15) is 84.6 Å². The Morgan fingerprint density at radius 2 is 0.812 bits per heavy atom. The van der Waals surface area contributed by atoms with Gasteiger partial charge in [0.15, 0.2) is 34.6 Å². The molecule has 10 atom stereocenters. The molecule has 47 heteroatoms. The number of phenols is 2. The number of phenolic OH excluding ortho intramolecular Hbond substituents is 2. The first kappa shape index (κ1) is 88.2. The highest BCUT2D eigenvalue weighted by molar-refractivity contribution is 8.77. The van der Waals surface area contributed by atoms with E-state index >= 15 is 0 Å². The molecule has 2 saturated heterocycles. The van der Waals surface area contributed by atoms with Crippen LogP contribution in [0.5, 0.6) is 28.7 Å². The fraction of sp³-hybridized carbons (Fsp3) is 0.519. The molecule has 6 aliphatic heterocycles. The highest BCUT2D eigenvalue weighted by Crippen LogP contribution is 2.58. The molecule has 4 N–H and O–H groups in total. The molecule has 4 bridgehead atoms. The molecule has 2 fully saturated rings. The van der Waals surface area contributed by atoms with Crippen LogP contribution >= 0.6 is 0 Å². The van der Waals surface area contributed by atoms with Gasteiger partial charge in [-0.25, -0.2) is 0 Å². The molecular weight excluding hydrogens is 1850 g/mol. The number of allylic oxidation sites excluding steroid dienone is 4. The summed E-state index contributed by atoms with van der Waals surface area (Å²) in [6, 6.07) is -0.347. The summed E-state index contributed by atoms with van der Waals surface area (Å²) in [5, 5.41) is 64.8. The number of carbonyl (C=O) groups excluding carboxylic acids is 4. The number of carbonyl (C=O) groups is 4. The molecule has 6 heterocycles. The summed E-state index contributed by atoms with van der Waals surface area (Å²) in [6.07, 6.45) is 1.22. The molecule has 0 spiro atoms. The molecule has 0 radical (unpaired) electrons. The summed E-state index contributed by atoms with van der Waals surface area (Å²) in [6.45, 7) is 9.68. The molecule has 0 unspecified atom stereocenters. The highest BCUT2D eigenvalue weighted by Gasteiger charge is 2.60. The number of aliphatic hydroxyl groups is 2. The van der Waals surface area contributed by atoms with Crippen molar-refractivity contribution < 1.29 is 58.6 Å². The number of aliphatic hydroxyl groups excluding tert-OH is 2. The van der Waals surface area contributed by atoms with Gasteiger partial charge in [-0.15, -0.1) is 0 Å². The number of aromatic hydroxyl groups is 2.